The van der Waals surface area contributed by atoms with Crippen LogP contribution in [0.5, 0.6) is 0 Å². The van der Waals surface area contributed by atoms with Gasteiger partial charge in [-0.05, 0) is 17.4 Å². The summed E-state index contributed by atoms with van der Waals surface area (Å²) in [5.74, 6) is 0. The maximum absolute atomic E-state index is 10.5. The molecule has 1 aliphatic rings. The van der Waals surface area contributed by atoms with Crippen LogP contribution >= 0.6 is 8.03 Å². The largest absolute Gasteiger partial charge is 0.505 e. The normalized spacial score (nSPS) is 22.6. The lowest BCUT2D eigenvalue weighted by Crippen LogP contribution is -2.00. The van der Waals surface area contributed by atoms with Crippen LogP contribution in [-0.4, -0.2) is 12.8 Å². The first-order valence-electron chi connectivity index (χ1n) is 3.36. The van der Waals surface area contributed by atoms with Gasteiger partial charge in [0.05, 0.1) is 0 Å². The quantitative estimate of drug-likeness (QED) is 0.560. The Morgan fingerprint density at radius 3 is 2.44 bits per heavy atom. The minimum Gasteiger partial charge on any atom is -0.143 e. The topological polar surface area (TPSA) is 26.3 Å². The van der Waals surface area contributed by atoms with Gasteiger partial charge in [-0.25, -0.2) is 0 Å². The molecule has 2 nitrogen and oxygen atoms in total. The maximum atomic E-state index is 10.5. The summed E-state index contributed by atoms with van der Waals surface area (Å²) in [6.07, 6.45) is 5.00. The summed E-state index contributed by atoms with van der Waals surface area (Å²) < 4.78 is 15.6. The third-order valence-corrected chi connectivity index (χ3v) is 2.19. The van der Waals surface area contributed by atoms with Crippen molar-refractivity contribution in [1.29, 1.82) is 0 Å². The third kappa shape index (κ3) is 2.42. The molecule has 0 N–H and O–H groups in total. The molecule has 1 unspecified atom stereocenters. The van der Waals surface area contributed by atoms with Crippen molar-refractivity contribution in [3.63, 3.8) is 0 Å². The van der Waals surface area contributed by atoms with Crippen molar-refractivity contribution in [3.05, 3.63) is 0 Å². The summed E-state index contributed by atoms with van der Waals surface area (Å²) in [6.45, 7) is 1.62. The monoisotopic (exact) mass is 147 g/mol. The van der Waals surface area contributed by atoms with E-state index in [2.05, 4.69) is 0 Å². The van der Waals surface area contributed by atoms with E-state index in [-0.39, 0.29) is 0 Å². The Balaban J connectivity index is 2.19. The zero-order chi connectivity index (χ0) is 6.69. The molecule has 0 aromatic heterocycles. The first-order chi connectivity index (χ1) is 4.29. The second-order valence-corrected chi connectivity index (χ2v) is 3.54. The highest BCUT2D eigenvalue weighted by atomic mass is 31.1. The van der Waals surface area contributed by atoms with E-state index < -0.39 is 8.03 Å². The van der Waals surface area contributed by atoms with E-state index in [0.717, 1.165) is 12.8 Å². The van der Waals surface area contributed by atoms with E-state index >= 15 is 0 Å². The van der Waals surface area contributed by atoms with Crippen LogP contribution in [0, 0.1) is 0 Å². The van der Waals surface area contributed by atoms with Crippen LogP contribution < -0.4 is 0 Å². The van der Waals surface area contributed by atoms with E-state index in [1.54, 1.807) is 6.66 Å². The Bertz CT molecular complexity index is 108. The van der Waals surface area contributed by atoms with Gasteiger partial charge in [0.1, 0.15) is 6.10 Å². The van der Waals surface area contributed by atoms with Crippen molar-refractivity contribution in [2.75, 3.05) is 6.66 Å². The molecule has 0 heterocycles. The van der Waals surface area contributed by atoms with Crippen molar-refractivity contribution >= 4 is 8.03 Å². The van der Waals surface area contributed by atoms with Gasteiger partial charge in [0.25, 0.3) is 0 Å². The number of rotatable bonds is 2. The zero-order valence-electron chi connectivity index (χ0n) is 5.67. The van der Waals surface area contributed by atoms with Crippen molar-refractivity contribution < 1.29 is 9.09 Å². The summed E-state index contributed by atoms with van der Waals surface area (Å²) in [7, 11) is -1.36. The average Bonchev–Trinajstić information content (AvgIpc) is 2.15. The van der Waals surface area contributed by atoms with E-state index in [1.165, 1.54) is 12.8 Å². The molecule has 1 atom stereocenters. The van der Waals surface area contributed by atoms with Gasteiger partial charge >= 0.3 is 8.03 Å². The fourth-order valence-corrected chi connectivity index (χ4v) is 1.83. The molecule has 52 valence electrons. The molecule has 1 aliphatic carbocycles. The molecule has 0 aromatic carbocycles. The smallest absolute Gasteiger partial charge is 0.143 e. The summed E-state index contributed by atoms with van der Waals surface area (Å²) in [5.41, 5.74) is 0. The lowest BCUT2D eigenvalue weighted by atomic mass is 10.3. The molecule has 1 saturated carbocycles. The van der Waals surface area contributed by atoms with Gasteiger partial charge in [0.15, 0.2) is 6.66 Å². The zero-order valence-corrected chi connectivity index (χ0v) is 6.56. The molecule has 0 saturated heterocycles. The van der Waals surface area contributed by atoms with Gasteiger partial charge in [-0.3, -0.25) is 0 Å². The van der Waals surface area contributed by atoms with Crippen molar-refractivity contribution in [2.45, 2.75) is 31.8 Å². The van der Waals surface area contributed by atoms with E-state index in [9.17, 15) is 4.57 Å². The number of hydrogen-bond acceptors (Lipinski definition) is 2. The molecule has 0 spiro atoms. The Labute approximate surface area is 56.5 Å². The molecule has 9 heavy (non-hydrogen) atoms. The van der Waals surface area contributed by atoms with Gasteiger partial charge in [-0.1, -0.05) is 12.8 Å². The van der Waals surface area contributed by atoms with E-state index in [4.69, 9.17) is 4.52 Å². The second kappa shape index (κ2) is 3.28. The first-order valence-corrected chi connectivity index (χ1v) is 4.99. The molecule has 3 heteroatoms. The Hall–Kier alpha value is 0.0600. The first kappa shape index (κ1) is 7.17. The summed E-state index contributed by atoms with van der Waals surface area (Å²) in [5, 5.41) is 0. The Kier molecular flexibility index (Phi) is 2.62. The molecular formula is C6H12O2P+. The molecular weight excluding hydrogens is 135 g/mol. The predicted octanol–water partition coefficient (Wildman–Crippen LogP) is 2.32. The minimum absolute atomic E-state index is 0.304. The predicted molar refractivity (Wildman–Crippen MR) is 36.9 cm³/mol. The van der Waals surface area contributed by atoms with E-state index in [0.29, 0.717) is 6.10 Å². The highest BCUT2D eigenvalue weighted by molar-refractivity contribution is 7.38. The average molecular weight is 147 g/mol. The lowest BCUT2D eigenvalue weighted by Gasteiger charge is -1.95. The van der Waals surface area contributed by atoms with Crippen LogP contribution in [-0.2, 0) is 9.09 Å². The summed E-state index contributed by atoms with van der Waals surface area (Å²) in [4.78, 5) is 0. The van der Waals surface area contributed by atoms with Crippen molar-refractivity contribution in [1.82, 2.24) is 0 Å². The summed E-state index contributed by atoms with van der Waals surface area (Å²) in [6, 6.07) is 0. The van der Waals surface area contributed by atoms with Crippen LogP contribution in [0.15, 0.2) is 0 Å². The second-order valence-electron chi connectivity index (χ2n) is 2.45. The summed E-state index contributed by atoms with van der Waals surface area (Å²) >= 11 is 0. The van der Waals surface area contributed by atoms with Crippen LogP contribution in [0.25, 0.3) is 0 Å². The lowest BCUT2D eigenvalue weighted by molar-refractivity contribution is 0.225. The van der Waals surface area contributed by atoms with Crippen molar-refractivity contribution in [2.24, 2.45) is 0 Å². The molecule has 0 aliphatic heterocycles. The molecule has 1 rings (SSSR count). The SMILES string of the molecule is C[P+](=O)OC1CCCC1. The van der Waals surface area contributed by atoms with Crippen molar-refractivity contribution in [3.8, 4) is 0 Å². The highest BCUT2D eigenvalue weighted by Crippen LogP contribution is 2.29. The van der Waals surface area contributed by atoms with Crippen LogP contribution in [0.3, 0.4) is 0 Å². The van der Waals surface area contributed by atoms with Gasteiger partial charge in [-0.15, -0.1) is 4.52 Å². The molecule has 0 radical (unpaired) electrons. The minimum atomic E-state index is -1.36. The maximum Gasteiger partial charge on any atom is 0.505 e. The van der Waals surface area contributed by atoms with Crippen LogP contribution in [0.2, 0.25) is 0 Å². The fraction of sp³-hybridized carbons (Fsp3) is 1.00. The molecule has 1 fully saturated rings. The molecule has 0 amide bonds. The van der Waals surface area contributed by atoms with Crippen LogP contribution in [0.4, 0.5) is 0 Å². The van der Waals surface area contributed by atoms with Gasteiger partial charge in [-0.2, -0.15) is 0 Å². The van der Waals surface area contributed by atoms with Crippen LogP contribution in [0.1, 0.15) is 25.7 Å². The Morgan fingerprint density at radius 1 is 1.44 bits per heavy atom. The van der Waals surface area contributed by atoms with E-state index in [1.807, 2.05) is 0 Å². The molecule has 0 bridgehead atoms. The highest BCUT2D eigenvalue weighted by Gasteiger charge is 2.22. The number of hydrogen-bond donors (Lipinski definition) is 0. The fourth-order valence-electron chi connectivity index (χ4n) is 1.20. The Morgan fingerprint density at radius 2 is 2.00 bits per heavy atom. The standard InChI is InChI=1S/C6H12O2P/c1-9(7)8-6-4-2-3-5-6/h6H,2-5H2,1H3/q+1. The van der Waals surface area contributed by atoms with Gasteiger partial charge in [0, 0.05) is 0 Å². The third-order valence-electron chi connectivity index (χ3n) is 1.60. The van der Waals surface area contributed by atoms with Gasteiger partial charge < -0.3 is 0 Å². The molecule has 0 aromatic rings. The van der Waals surface area contributed by atoms with Gasteiger partial charge in [0.2, 0.25) is 0 Å².